The van der Waals surface area contributed by atoms with Crippen LogP contribution in [0.5, 0.6) is 0 Å². The van der Waals surface area contributed by atoms with Crippen LogP contribution < -0.4 is 0 Å². The Balaban J connectivity index is 3.02. The summed E-state index contributed by atoms with van der Waals surface area (Å²) >= 11 is 0. The van der Waals surface area contributed by atoms with E-state index >= 15 is 0 Å². The van der Waals surface area contributed by atoms with E-state index in [2.05, 4.69) is 17.1 Å². The van der Waals surface area contributed by atoms with Crippen molar-refractivity contribution in [1.82, 2.24) is 4.98 Å². The SMILES string of the molecule is Cc1[c]cnc[c]1. The summed E-state index contributed by atoms with van der Waals surface area (Å²) in [6.45, 7) is 1.93. The van der Waals surface area contributed by atoms with Gasteiger partial charge in [-0.05, 0) is 12.5 Å². The van der Waals surface area contributed by atoms with Crippen LogP contribution >= 0.6 is 0 Å². The van der Waals surface area contributed by atoms with Crippen molar-refractivity contribution in [3.8, 4) is 0 Å². The predicted octanol–water partition coefficient (Wildman–Crippen LogP) is 0.990. The topological polar surface area (TPSA) is 12.9 Å². The van der Waals surface area contributed by atoms with Crippen molar-refractivity contribution in [1.29, 1.82) is 0 Å². The van der Waals surface area contributed by atoms with Crippen molar-refractivity contribution in [2.24, 2.45) is 0 Å². The van der Waals surface area contributed by atoms with Gasteiger partial charge in [-0.3, -0.25) is 4.98 Å². The predicted molar refractivity (Wildman–Crippen MR) is 26.6 cm³/mol. The summed E-state index contributed by atoms with van der Waals surface area (Å²) < 4.78 is 0. The van der Waals surface area contributed by atoms with E-state index in [4.69, 9.17) is 0 Å². The normalized spacial score (nSPS) is 8.71. The first-order valence-electron chi connectivity index (χ1n) is 2.09. The minimum absolute atomic E-state index is 1.01. The molecule has 1 nitrogen and oxygen atoms in total. The Morgan fingerprint density at radius 2 is 2.00 bits per heavy atom. The van der Waals surface area contributed by atoms with E-state index in [-0.39, 0.29) is 0 Å². The second-order valence-electron chi connectivity index (χ2n) is 1.32. The Morgan fingerprint density at radius 1 is 1.43 bits per heavy atom. The first-order chi connectivity index (χ1) is 3.39. The number of rotatable bonds is 0. The van der Waals surface area contributed by atoms with Crippen molar-refractivity contribution in [2.45, 2.75) is 6.92 Å². The summed E-state index contributed by atoms with van der Waals surface area (Å²) in [5, 5.41) is 0. The molecular formula is C6H5N. The Kier molecular flexibility index (Phi) is 1.07. The van der Waals surface area contributed by atoms with E-state index < -0.39 is 0 Å². The Labute approximate surface area is 43.0 Å². The fourth-order valence-electron chi connectivity index (χ4n) is 0.347. The molecule has 0 fully saturated rings. The third kappa shape index (κ3) is 1.000. The molecule has 0 aliphatic carbocycles. The fourth-order valence-corrected chi connectivity index (χ4v) is 0.347. The van der Waals surface area contributed by atoms with Crippen LogP contribution in [0.2, 0.25) is 0 Å². The van der Waals surface area contributed by atoms with Crippen LogP contribution in [-0.2, 0) is 0 Å². The minimum Gasteiger partial charge on any atom is -0.263 e. The number of aryl methyl sites for hydroxylation is 1. The van der Waals surface area contributed by atoms with Gasteiger partial charge in [0.2, 0.25) is 0 Å². The van der Waals surface area contributed by atoms with Gasteiger partial charge in [0.15, 0.2) is 0 Å². The average molecular weight is 91.1 g/mol. The number of nitrogens with zero attached hydrogens (tertiary/aromatic N) is 1. The number of pyridine rings is 1. The van der Waals surface area contributed by atoms with E-state index in [0.717, 1.165) is 5.56 Å². The Morgan fingerprint density at radius 3 is 2.29 bits per heavy atom. The molecule has 0 spiro atoms. The highest BCUT2D eigenvalue weighted by atomic mass is 14.6. The van der Waals surface area contributed by atoms with Gasteiger partial charge in [-0.1, -0.05) is 0 Å². The molecule has 0 unspecified atom stereocenters. The van der Waals surface area contributed by atoms with Crippen LogP contribution in [0.15, 0.2) is 12.4 Å². The van der Waals surface area contributed by atoms with E-state index in [0.29, 0.717) is 0 Å². The van der Waals surface area contributed by atoms with Crippen LogP contribution in [0.1, 0.15) is 5.56 Å². The number of aromatic nitrogens is 1. The largest absolute Gasteiger partial charge is 0.263 e. The van der Waals surface area contributed by atoms with E-state index in [9.17, 15) is 0 Å². The van der Waals surface area contributed by atoms with E-state index in [1.54, 1.807) is 12.4 Å². The quantitative estimate of drug-likeness (QED) is 0.464. The fraction of sp³-hybridized carbons (Fsp3) is 0.167. The molecule has 0 bridgehead atoms. The summed E-state index contributed by atoms with van der Waals surface area (Å²) in [7, 11) is 0. The van der Waals surface area contributed by atoms with Gasteiger partial charge in [0.05, 0.1) is 0 Å². The molecule has 1 rings (SSSR count). The molecule has 0 saturated carbocycles. The van der Waals surface area contributed by atoms with Crippen LogP contribution in [0.25, 0.3) is 0 Å². The van der Waals surface area contributed by atoms with Crippen LogP contribution in [0.3, 0.4) is 0 Å². The standard InChI is InChI=1S/C6H5N/c1-6-2-4-7-5-3-6/h4-5H,1H3. The molecule has 2 radical (unpaired) electrons. The molecule has 0 aliphatic heterocycles. The Bertz CT molecular complexity index is 134. The smallest absolute Gasteiger partial charge is 0.0350 e. The summed E-state index contributed by atoms with van der Waals surface area (Å²) in [4.78, 5) is 3.73. The van der Waals surface area contributed by atoms with Crippen molar-refractivity contribution in [2.75, 3.05) is 0 Å². The van der Waals surface area contributed by atoms with Gasteiger partial charge in [-0.25, -0.2) is 0 Å². The summed E-state index contributed by atoms with van der Waals surface area (Å²) in [6, 6.07) is 5.73. The zero-order valence-corrected chi connectivity index (χ0v) is 4.10. The lowest BCUT2D eigenvalue weighted by Crippen LogP contribution is -1.70. The third-order valence-electron chi connectivity index (χ3n) is 0.711. The van der Waals surface area contributed by atoms with Crippen molar-refractivity contribution in [3.63, 3.8) is 0 Å². The van der Waals surface area contributed by atoms with Gasteiger partial charge in [-0.2, -0.15) is 0 Å². The van der Waals surface area contributed by atoms with Gasteiger partial charge in [-0.15, -0.1) is 0 Å². The minimum atomic E-state index is 1.01. The molecule has 0 saturated heterocycles. The molecular weight excluding hydrogens is 86.1 g/mol. The second kappa shape index (κ2) is 1.73. The molecule has 1 heterocycles. The maximum Gasteiger partial charge on any atom is 0.0350 e. The van der Waals surface area contributed by atoms with E-state index in [1.165, 1.54) is 0 Å². The second-order valence-corrected chi connectivity index (χ2v) is 1.32. The molecule has 0 aromatic carbocycles. The first kappa shape index (κ1) is 4.31. The molecule has 0 amide bonds. The lowest BCUT2D eigenvalue weighted by Gasteiger charge is -1.80. The van der Waals surface area contributed by atoms with Gasteiger partial charge >= 0.3 is 0 Å². The van der Waals surface area contributed by atoms with Crippen molar-refractivity contribution < 1.29 is 0 Å². The highest BCUT2D eigenvalue weighted by molar-refractivity contribution is 5.01. The molecule has 0 aliphatic rings. The Hall–Kier alpha value is -0.850. The molecule has 1 heteroatoms. The lowest BCUT2D eigenvalue weighted by atomic mass is 10.3. The van der Waals surface area contributed by atoms with Gasteiger partial charge < -0.3 is 0 Å². The molecule has 1 aromatic rings. The molecule has 0 atom stereocenters. The van der Waals surface area contributed by atoms with Crippen LogP contribution in [0.4, 0.5) is 0 Å². The third-order valence-corrected chi connectivity index (χ3v) is 0.711. The molecule has 0 N–H and O–H groups in total. The zero-order valence-electron chi connectivity index (χ0n) is 4.10. The van der Waals surface area contributed by atoms with Gasteiger partial charge in [0, 0.05) is 24.5 Å². The van der Waals surface area contributed by atoms with Gasteiger partial charge in [0.1, 0.15) is 0 Å². The van der Waals surface area contributed by atoms with E-state index in [1.807, 2.05) is 6.92 Å². The monoisotopic (exact) mass is 91.0 g/mol. The highest BCUT2D eigenvalue weighted by Gasteiger charge is 1.75. The number of hydrogen-bond donors (Lipinski definition) is 0. The van der Waals surface area contributed by atoms with Crippen molar-refractivity contribution in [3.05, 3.63) is 30.1 Å². The first-order valence-corrected chi connectivity index (χ1v) is 2.09. The maximum absolute atomic E-state index is 3.73. The maximum atomic E-state index is 3.73. The molecule has 1 aromatic heterocycles. The molecule has 34 valence electrons. The summed E-state index contributed by atoms with van der Waals surface area (Å²) in [5.41, 5.74) is 1.01. The number of hydrogen-bond acceptors (Lipinski definition) is 1. The van der Waals surface area contributed by atoms with Gasteiger partial charge in [0.25, 0.3) is 0 Å². The van der Waals surface area contributed by atoms with Crippen LogP contribution in [0, 0.1) is 19.1 Å². The lowest BCUT2D eigenvalue weighted by molar-refractivity contribution is 1.27. The zero-order chi connectivity index (χ0) is 5.11. The average Bonchev–Trinajstić information content (AvgIpc) is 1.69. The van der Waals surface area contributed by atoms with Crippen LogP contribution in [-0.4, -0.2) is 4.98 Å². The highest BCUT2D eigenvalue weighted by Crippen LogP contribution is 1.86. The van der Waals surface area contributed by atoms with Crippen molar-refractivity contribution >= 4 is 0 Å². The summed E-state index contributed by atoms with van der Waals surface area (Å²) in [5.74, 6) is 0. The summed E-state index contributed by atoms with van der Waals surface area (Å²) in [6.07, 6.45) is 3.26. The molecule has 7 heavy (non-hydrogen) atoms.